The molecule has 0 fully saturated rings. The number of halogens is 1. The van der Waals surface area contributed by atoms with Gasteiger partial charge < -0.3 is 9.84 Å². The van der Waals surface area contributed by atoms with Gasteiger partial charge in [0.25, 0.3) is 0 Å². The second kappa shape index (κ2) is 5.59. The van der Waals surface area contributed by atoms with Gasteiger partial charge in [0.15, 0.2) is 0 Å². The maximum atomic E-state index is 9.94. The van der Waals surface area contributed by atoms with Gasteiger partial charge in [-0.25, -0.2) is 0 Å². The molecule has 0 saturated heterocycles. The van der Waals surface area contributed by atoms with E-state index in [-0.39, 0.29) is 13.2 Å². The highest BCUT2D eigenvalue weighted by molar-refractivity contribution is 6.66. The fraction of sp³-hybridized carbons (Fsp3) is 0.400. The smallest absolute Gasteiger partial charge is 0.248 e. The van der Waals surface area contributed by atoms with Crippen LogP contribution in [0.5, 0.6) is 0 Å². The summed E-state index contributed by atoms with van der Waals surface area (Å²) in [4.78, 5) is 9.94. The van der Waals surface area contributed by atoms with Gasteiger partial charge in [-0.1, -0.05) is 0 Å². The van der Waals surface area contributed by atoms with Gasteiger partial charge in [-0.2, -0.15) is 0 Å². The van der Waals surface area contributed by atoms with Crippen molar-refractivity contribution in [1.29, 1.82) is 0 Å². The van der Waals surface area contributed by atoms with Gasteiger partial charge >= 0.3 is 0 Å². The topological polar surface area (TPSA) is 46.5 Å². The Morgan fingerprint density at radius 1 is 1.78 bits per heavy atom. The second-order valence-corrected chi connectivity index (χ2v) is 1.57. The molecule has 0 aromatic carbocycles. The SMILES string of the molecule is O=C(Cl)C=COCCO. The zero-order valence-electron chi connectivity index (χ0n) is 4.71. The summed E-state index contributed by atoms with van der Waals surface area (Å²) < 4.78 is 4.56. The molecule has 52 valence electrons. The molecule has 0 amide bonds. The molecule has 0 atom stereocenters. The minimum absolute atomic E-state index is 0.0686. The van der Waals surface area contributed by atoms with E-state index in [1.165, 1.54) is 0 Å². The summed E-state index contributed by atoms with van der Waals surface area (Å²) in [7, 11) is 0. The number of rotatable bonds is 4. The van der Waals surface area contributed by atoms with Crippen LogP contribution in [0.2, 0.25) is 0 Å². The fourth-order valence-electron chi connectivity index (χ4n) is 0.222. The Morgan fingerprint density at radius 3 is 2.89 bits per heavy atom. The molecular formula is C5H7ClO3. The predicted molar refractivity (Wildman–Crippen MR) is 33.0 cm³/mol. The van der Waals surface area contributed by atoms with E-state index in [2.05, 4.69) is 4.74 Å². The molecule has 0 bridgehead atoms. The molecule has 0 radical (unpaired) electrons. The Hall–Kier alpha value is -0.540. The van der Waals surface area contributed by atoms with Gasteiger partial charge in [0.05, 0.1) is 12.9 Å². The van der Waals surface area contributed by atoms with Crippen LogP contribution in [0.4, 0.5) is 0 Å². The number of carbonyl (C=O) groups is 1. The zero-order valence-corrected chi connectivity index (χ0v) is 5.47. The van der Waals surface area contributed by atoms with Crippen molar-refractivity contribution in [3.05, 3.63) is 12.3 Å². The van der Waals surface area contributed by atoms with E-state index in [0.29, 0.717) is 0 Å². The van der Waals surface area contributed by atoms with Crippen LogP contribution < -0.4 is 0 Å². The summed E-state index contributed by atoms with van der Waals surface area (Å²) in [5.41, 5.74) is 0. The highest BCUT2D eigenvalue weighted by Crippen LogP contribution is 1.82. The van der Waals surface area contributed by atoms with Crippen molar-refractivity contribution in [2.45, 2.75) is 0 Å². The van der Waals surface area contributed by atoms with E-state index in [1.807, 2.05) is 0 Å². The van der Waals surface area contributed by atoms with Gasteiger partial charge in [0, 0.05) is 6.08 Å². The van der Waals surface area contributed by atoms with Gasteiger partial charge in [-0.15, -0.1) is 0 Å². The minimum Gasteiger partial charge on any atom is -0.499 e. The normalized spacial score (nSPS) is 10.0. The maximum absolute atomic E-state index is 9.94. The minimum atomic E-state index is -0.590. The molecule has 1 N–H and O–H groups in total. The Bertz CT molecular complexity index is 111. The third-order valence-corrected chi connectivity index (χ3v) is 0.630. The van der Waals surface area contributed by atoms with Crippen LogP contribution in [0.25, 0.3) is 0 Å². The first kappa shape index (κ1) is 8.46. The summed E-state index contributed by atoms with van der Waals surface area (Å²) in [6.45, 7) is 0.113. The molecule has 0 aliphatic heterocycles. The Labute approximate surface area is 57.9 Å². The number of hydrogen-bond acceptors (Lipinski definition) is 3. The lowest BCUT2D eigenvalue weighted by atomic mass is 10.7. The van der Waals surface area contributed by atoms with Crippen molar-refractivity contribution in [3.8, 4) is 0 Å². The molecule has 0 rings (SSSR count). The van der Waals surface area contributed by atoms with Crippen molar-refractivity contribution < 1.29 is 14.6 Å². The molecule has 0 spiro atoms. The van der Waals surface area contributed by atoms with Crippen molar-refractivity contribution in [1.82, 2.24) is 0 Å². The first-order valence-electron chi connectivity index (χ1n) is 2.36. The van der Waals surface area contributed by atoms with Crippen LogP contribution >= 0.6 is 11.6 Å². The standard InChI is InChI=1S/C5H7ClO3/c6-5(8)1-3-9-4-2-7/h1,3,7H,2,4H2. The number of allylic oxidation sites excluding steroid dienone is 1. The molecule has 4 heteroatoms. The lowest BCUT2D eigenvalue weighted by Crippen LogP contribution is -1.92. The van der Waals surface area contributed by atoms with E-state index in [9.17, 15) is 4.79 Å². The van der Waals surface area contributed by atoms with E-state index < -0.39 is 5.24 Å². The van der Waals surface area contributed by atoms with Crippen LogP contribution in [0.1, 0.15) is 0 Å². The third-order valence-electron chi connectivity index (χ3n) is 0.504. The van der Waals surface area contributed by atoms with E-state index >= 15 is 0 Å². The number of aliphatic hydroxyl groups excluding tert-OH is 1. The van der Waals surface area contributed by atoms with Crippen molar-refractivity contribution in [2.24, 2.45) is 0 Å². The molecule has 9 heavy (non-hydrogen) atoms. The molecule has 0 aliphatic rings. The first-order chi connectivity index (χ1) is 4.27. The molecule has 3 nitrogen and oxygen atoms in total. The number of carbonyl (C=O) groups excluding carboxylic acids is 1. The summed E-state index contributed by atoms with van der Waals surface area (Å²) >= 11 is 4.89. The van der Waals surface area contributed by atoms with Crippen molar-refractivity contribution in [2.75, 3.05) is 13.2 Å². The monoisotopic (exact) mass is 150 g/mol. The molecule has 0 aliphatic carbocycles. The van der Waals surface area contributed by atoms with Crippen LogP contribution in [-0.2, 0) is 9.53 Å². The number of ether oxygens (including phenoxy) is 1. The van der Waals surface area contributed by atoms with Crippen molar-refractivity contribution in [3.63, 3.8) is 0 Å². The Balaban J connectivity index is 3.15. The van der Waals surface area contributed by atoms with Gasteiger partial charge in [0.1, 0.15) is 6.61 Å². The summed E-state index contributed by atoms with van der Waals surface area (Å²) in [6, 6.07) is 0. The molecule has 0 aromatic rings. The first-order valence-corrected chi connectivity index (χ1v) is 2.73. The Morgan fingerprint density at radius 2 is 2.44 bits per heavy atom. The highest BCUT2D eigenvalue weighted by Gasteiger charge is 1.83. The largest absolute Gasteiger partial charge is 0.499 e. The molecular weight excluding hydrogens is 144 g/mol. The third kappa shape index (κ3) is 7.46. The molecule has 0 heterocycles. The van der Waals surface area contributed by atoms with Crippen LogP contribution in [-0.4, -0.2) is 23.6 Å². The zero-order chi connectivity index (χ0) is 7.11. The fourth-order valence-corrected chi connectivity index (χ4v) is 0.274. The molecule has 0 saturated carbocycles. The van der Waals surface area contributed by atoms with Crippen LogP contribution in [0.15, 0.2) is 12.3 Å². The van der Waals surface area contributed by atoms with E-state index in [0.717, 1.165) is 12.3 Å². The maximum Gasteiger partial charge on any atom is 0.248 e. The highest BCUT2D eigenvalue weighted by atomic mass is 35.5. The summed E-state index contributed by atoms with van der Waals surface area (Å²) in [6.07, 6.45) is 2.21. The van der Waals surface area contributed by atoms with E-state index in [4.69, 9.17) is 16.7 Å². The van der Waals surface area contributed by atoms with Gasteiger partial charge in [-0.05, 0) is 11.6 Å². The average Bonchev–Trinajstić information content (AvgIpc) is 1.80. The number of hydrogen-bond donors (Lipinski definition) is 1. The summed E-state index contributed by atoms with van der Waals surface area (Å²) in [5.74, 6) is 0. The summed E-state index contributed by atoms with van der Waals surface area (Å²) in [5, 5.41) is 7.56. The second-order valence-electron chi connectivity index (χ2n) is 1.20. The van der Waals surface area contributed by atoms with Gasteiger partial charge in [0.2, 0.25) is 5.24 Å². The van der Waals surface area contributed by atoms with Crippen LogP contribution in [0, 0.1) is 0 Å². The lowest BCUT2D eigenvalue weighted by Gasteiger charge is -1.91. The Kier molecular flexibility index (Phi) is 5.26. The number of aliphatic hydroxyl groups is 1. The van der Waals surface area contributed by atoms with Crippen molar-refractivity contribution >= 4 is 16.8 Å². The van der Waals surface area contributed by atoms with Gasteiger partial charge in [-0.3, -0.25) is 4.79 Å². The quantitative estimate of drug-likeness (QED) is 0.271. The lowest BCUT2D eigenvalue weighted by molar-refractivity contribution is -0.107. The molecule has 0 unspecified atom stereocenters. The average molecular weight is 151 g/mol. The molecule has 0 aromatic heterocycles. The van der Waals surface area contributed by atoms with Crippen LogP contribution in [0.3, 0.4) is 0 Å². The van der Waals surface area contributed by atoms with E-state index in [1.54, 1.807) is 0 Å². The predicted octanol–water partition coefficient (Wildman–Crippen LogP) is 0.274.